The second kappa shape index (κ2) is 6.46. The van der Waals surface area contributed by atoms with E-state index in [1.807, 2.05) is 0 Å². The van der Waals surface area contributed by atoms with Gasteiger partial charge in [0, 0.05) is 25.0 Å². The third kappa shape index (κ3) is 3.03. The van der Waals surface area contributed by atoms with Crippen molar-refractivity contribution in [1.82, 2.24) is 10.2 Å². The maximum Gasteiger partial charge on any atom is 0.224 e. The van der Waals surface area contributed by atoms with E-state index in [9.17, 15) is 4.79 Å². The molecule has 2 aliphatic heterocycles. The SMILES string of the molecule is CC1CCCNC1CC(=O)N1CCCC1C1CCCC1. The van der Waals surface area contributed by atoms with Gasteiger partial charge < -0.3 is 10.2 Å². The lowest BCUT2D eigenvalue weighted by molar-refractivity contribution is -0.133. The van der Waals surface area contributed by atoms with E-state index < -0.39 is 0 Å². The highest BCUT2D eigenvalue weighted by Gasteiger charge is 2.36. The van der Waals surface area contributed by atoms with Crippen LogP contribution in [0.4, 0.5) is 0 Å². The van der Waals surface area contributed by atoms with Crippen molar-refractivity contribution in [1.29, 1.82) is 0 Å². The summed E-state index contributed by atoms with van der Waals surface area (Å²) in [6, 6.07) is 0.991. The van der Waals surface area contributed by atoms with Gasteiger partial charge in [0.15, 0.2) is 0 Å². The molecule has 3 nitrogen and oxygen atoms in total. The van der Waals surface area contributed by atoms with Crippen LogP contribution < -0.4 is 5.32 Å². The average Bonchev–Trinajstić information content (AvgIpc) is 3.11. The largest absolute Gasteiger partial charge is 0.339 e. The molecule has 20 heavy (non-hydrogen) atoms. The van der Waals surface area contributed by atoms with Crippen LogP contribution in [0.25, 0.3) is 0 Å². The van der Waals surface area contributed by atoms with Crippen LogP contribution in [0.2, 0.25) is 0 Å². The first kappa shape index (κ1) is 14.4. The van der Waals surface area contributed by atoms with Crippen LogP contribution in [-0.4, -0.2) is 36.0 Å². The van der Waals surface area contributed by atoms with Crippen molar-refractivity contribution in [3.05, 3.63) is 0 Å². The Bertz CT molecular complexity index is 338. The molecule has 1 aliphatic carbocycles. The van der Waals surface area contributed by atoms with Gasteiger partial charge in [0.05, 0.1) is 0 Å². The molecular formula is C17H30N2O. The number of carbonyl (C=O) groups excluding carboxylic acids is 1. The molecule has 0 spiro atoms. The molecule has 3 aliphatic rings. The van der Waals surface area contributed by atoms with Gasteiger partial charge in [0.2, 0.25) is 5.91 Å². The van der Waals surface area contributed by atoms with Crippen LogP contribution in [0, 0.1) is 11.8 Å². The fraction of sp³-hybridized carbons (Fsp3) is 0.941. The van der Waals surface area contributed by atoms with Gasteiger partial charge in [-0.15, -0.1) is 0 Å². The normalized spacial score (nSPS) is 35.6. The highest BCUT2D eigenvalue weighted by atomic mass is 16.2. The van der Waals surface area contributed by atoms with Crippen LogP contribution in [-0.2, 0) is 4.79 Å². The number of rotatable bonds is 3. The number of amides is 1. The van der Waals surface area contributed by atoms with E-state index in [0.29, 0.717) is 23.9 Å². The molecule has 2 saturated heterocycles. The Hall–Kier alpha value is -0.570. The zero-order valence-electron chi connectivity index (χ0n) is 12.9. The highest BCUT2D eigenvalue weighted by Crippen LogP contribution is 2.36. The Morgan fingerprint density at radius 2 is 1.90 bits per heavy atom. The second-order valence-corrected chi connectivity index (χ2v) is 7.23. The molecule has 0 aromatic heterocycles. The average molecular weight is 278 g/mol. The van der Waals surface area contributed by atoms with E-state index in [1.54, 1.807) is 0 Å². The molecule has 3 unspecified atom stereocenters. The molecule has 1 N–H and O–H groups in total. The fourth-order valence-electron chi connectivity index (χ4n) is 4.63. The first-order valence-corrected chi connectivity index (χ1v) is 8.78. The molecule has 114 valence electrons. The molecule has 1 amide bonds. The van der Waals surface area contributed by atoms with E-state index in [1.165, 1.54) is 51.4 Å². The topological polar surface area (TPSA) is 32.3 Å². The van der Waals surface area contributed by atoms with E-state index in [2.05, 4.69) is 17.1 Å². The van der Waals surface area contributed by atoms with Crippen molar-refractivity contribution >= 4 is 5.91 Å². The van der Waals surface area contributed by atoms with Crippen molar-refractivity contribution in [3.63, 3.8) is 0 Å². The summed E-state index contributed by atoms with van der Waals surface area (Å²) in [4.78, 5) is 15.0. The number of nitrogens with zero attached hydrogens (tertiary/aromatic N) is 1. The predicted octanol–water partition coefficient (Wildman–Crippen LogP) is 2.95. The van der Waals surface area contributed by atoms with Gasteiger partial charge in [-0.3, -0.25) is 4.79 Å². The number of piperidine rings is 1. The zero-order chi connectivity index (χ0) is 13.9. The molecule has 3 heteroatoms. The summed E-state index contributed by atoms with van der Waals surface area (Å²) >= 11 is 0. The maximum atomic E-state index is 12.7. The Morgan fingerprint density at radius 3 is 2.65 bits per heavy atom. The number of nitrogens with one attached hydrogen (secondary N) is 1. The van der Waals surface area contributed by atoms with Gasteiger partial charge in [-0.25, -0.2) is 0 Å². The van der Waals surface area contributed by atoms with E-state index in [0.717, 1.165) is 25.4 Å². The highest BCUT2D eigenvalue weighted by molar-refractivity contribution is 5.77. The van der Waals surface area contributed by atoms with Gasteiger partial charge >= 0.3 is 0 Å². The van der Waals surface area contributed by atoms with Gasteiger partial charge in [-0.2, -0.15) is 0 Å². The molecule has 0 bridgehead atoms. The van der Waals surface area contributed by atoms with Crippen LogP contribution in [0.3, 0.4) is 0 Å². The predicted molar refractivity (Wildman–Crippen MR) is 81.5 cm³/mol. The molecule has 0 radical (unpaired) electrons. The van der Waals surface area contributed by atoms with Crippen LogP contribution in [0.15, 0.2) is 0 Å². The van der Waals surface area contributed by atoms with Crippen LogP contribution in [0.1, 0.15) is 64.7 Å². The summed E-state index contributed by atoms with van der Waals surface area (Å²) < 4.78 is 0. The minimum absolute atomic E-state index is 0.418. The number of carbonyl (C=O) groups is 1. The third-order valence-corrected chi connectivity index (χ3v) is 5.89. The van der Waals surface area contributed by atoms with Gasteiger partial charge in [0.25, 0.3) is 0 Å². The maximum absolute atomic E-state index is 12.7. The molecule has 3 rings (SSSR count). The quantitative estimate of drug-likeness (QED) is 0.861. The minimum Gasteiger partial charge on any atom is -0.339 e. The number of hydrogen-bond donors (Lipinski definition) is 1. The smallest absolute Gasteiger partial charge is 0.224 e. The van der Waals surface area contributed by atoms with Crippen molar-refractivity contribution in [2.24, 2.45) is 11.8 Å². The Balaban J connectivity index is 1.57. The van der Waals surface area contributed by atoms with Crippen molar-refractivity contribution in [2.75, 3.05) is 13.1 Å². The van der Waals surface area contributed by atoms with Gasteiger partial charge in [-0.1, -0.05) is 19.8 Å². The van der Waals surface area contributed by atoms with Crippen LogP contribution in [0.5, 0.6) is 0 Å². The molecule has 1 saturated carbocycles. The van der Waals surface area contributed by atoms with Crippen LogP contribution >= 0.6 is 0 Å². The van der Waals surface area contributed by atoms with E-state index in [-0.39, 0.29) is 0 Å². The summed E-state index contributed by atoms with van der Waals surface area (Å²) in [6.07, 6.45) is 11.2. The minimum atomic E-state index is 0.418. The van der Waals surface area contributed by atoms with Crippen molar-refractivity contribution in [2.45, 2.75) is 76.8 Å². The molecule has 0 aromatic carbocycles. The monoisotopic (exact) mass is 278 g/mol. The molecule has 0 aromatic rings. The lowest BCUT2D eigenvalue weighted by Crippen LogP contribution is -2.46. The standard InChI is InChI=1S/C17H30N2O/c1-13-6-4-10-18-15(13)12-17(20)19-11-5-9-16(19)14-7-2-3-8-14/h13-16,18H,2-12H2,1H3. The molecule has 3 fully saturated rings. The second-order valence-electron chi connectivity index (χ2n) is 7.23. The fourth-order valence-corrected chi connectivity index (χ4v) is 4.63. The molecule has 2 heterocycles. The molecular weight excluding hydrogens is 248 g/mol. The number of hydrogen-bond acceptors (Lipinski definition) is 2. The summed E-state index contributed by atoms with van der Waals surface area (Å²) in [5, 5.41) is 3.56. The van der Waals surface area contributed by atoms with Gasteiger partial charge in [0.1, 0.15) is 0 Å². The number of likely N-dealkylation sites (tertiary alicyclic amines) is 1. The van der Waals surface area contributed by atoms with Gasteiger partial charge in [-0.05, 0) is 56.9 Å². The zero-order valence-corrected chi connectivity index (χ0v) is 12.9. The lowest BCUT2D eigenvalue weighted by atomic mass is 9.90. The van der Waals surface area contributed by atoms with Crippen molar-refractivity contribution in [3.8, 4) is 0 Å². The summed E-state index contributed by atoms with van der Waals surface area (Å²) in [5.74, 6) is 1.88. The van der Waals surface area contributed by atoms with E-state index >= 15 is 0 Å². The summed E-state index contributed by atoms with van der Waals surface area (Å²) in [6.45, 7) is 4.40. The molecule has 3 atom stereocenters. The first-order valence-electron chi connectivity index (χ1n) is 8.78. The van der Waals surface area contributed by atoms with E-state index in [4.69, 9.17) is 0 Å². The Kier molecular flexibility index (Phi) is 4.65. The lowest BCUT2D eigenvalue weighted by Gasteiger charge is -2.34. The third-order valence-electron chi connectivity index (χ3n) is 5.89. The Morgan fingerprint density at radius 1 is 1.10 bits per heavy atom. The summed E-state index contributed by atoms with van der Waals surface area (Å²) in [5.41, 5.74) is 0. The van der Waals surface area contributed by atoms with Crippen molar-refractivity contribution < 1.29 is 4.79 Å². The first-order chi connectivity index (χ1) is 9.75. The Labute approximate surface area is 123 Å². The summed E-state index contributed by atoms with van der Waals surface area (Å²) in [7, 11) is 0.